The molecule has 0 aromatic heterocycles. The average molecular weight is 246 g/mol. The van der Waals surface area contributed by atoms with Crippen molar-refractivity contribution in [1.29, 1.82) is 0 Å². The number of alkyl carbamates (subject to hydrolysis) is 1. The van der Waals surface area contributed by atoms with E-state index < -0.39 is 6.09 Å². The van der Waals surface area contributed by atoms with Crippen molar-refractivity contribution >= 4 is 29.3 Å². The molecule has 0 radical (unpaired) electrons. The van der Waals surface area contributed by atoms with Crippen LogP contribution in [0.1, 0.15) is 18.0 Å². The van der Waals surface area contributed by atoms with E-state index in [9.17, 15) is 4.79 Å². The van der Waals surface area contributed by atoms with E-state index in [1.54, 1.807) is 6.07 Å². The monoisotopic (exact) mass is 245 g/mol. The molecule has 1 N–H and O–H groups in total. The van der Waals surface area contributed by atoms with E-state index in [0.29, 0.717) is 23.1 Å². The van der Waals surface area contributed by atoms with Crippen molar-refractivity contribution in [1.82, 2.24) is 5.32 Å². The summed E-state index contributed by atoms with van der Waals surface area (Å²) >= 11 is 11.9. The molecule has 1 aliphatic heterocycles. The second-order valence-corrected chi connectivity index (χ2v) is 4.05. The number of hydrogen-bond acceptors (Lipinski definition) is 2. The van der Waals surface area contributed by atoms with Gasteiger partial charge in [0, 0.05) is 6.42 Å². The summed E-state index contributed by atoms with van der Waals surface area (Å²) < 4.78 is 4.77. The van der Waals surface area contributed by atoms with E-state index >= 15 is 0 Å². The third-order valence-electron chi connectivity index (χ3n) is 2.29. The van der Waals surface area contributed by atoms with Crippen LogP contribution in [0.4, 0.5) is 4.79 Å². The highest BCUT2D eigenvalue weighted by atomic mass is 35.5. The van der Waals surface area contributed by atoms with E-state index in [0.717, 1.165) is 5.56 Å². The molecule has 1 heterocycles. The first kappa shape index (κ1) is 10.6. The zero-order valence-corrected chi connectivity index (χ0v) is 9.31. The zero-order valence-electron chi connectivity index (χ0n) is 7.80. The van der Waals surface area contributed by atoms with Crippen LogP contribution in [-0.2, 0) is 4.74 Å². The molecule has 5 heteroatoms. The summed E-state index contributed by atoms with van der Waals surface area (Å²) in [7, 11) is 0. The normalized spacial score (nSPS) is 20.7. The lowest BCUT2D eigenvalue weighted by atomic mass is 10.0. The molecule has 0 saturated carbocycles. The highest BCUT2D eigenvalue weighted by molar-refractivity contribution is 6.42. The second kappa shape index (κ2) is 4.29. The molecule has 1 saturated heterocycles. The smallest absolute Gasteiger partial charge is 0.407 e. The predicted molar refractivity (Wildman–Crippen MR) is 58.3 cm³/mol. The van der Waals surface area contributed by atoms with Gasteiger partial charge < -0.3 is 10.1 Å². The molecule has 0 unspecified atom stereocenters. The van der Waals surface area contributed by atoms with Gasteiger partial charge in [0.05, 0.1) is 22.7 Å². The van der Waals surface area contributed by atoms with E-state index in [1.165, 1.54) is 0 Å². The van der Waals surface area contributed by atoms with Gasteiger partial charge in [-0.05, 0) is 11.6 Å². The van der Waals surface area contributed by atoms with E-state index in [4.69, 9.17) is 27.9 Å². The van der Waals surface area contributed by atoms with Gasteiger partial charge in [-0.3, -0.25) is 0 Å². The quantitative estimate of drug-likeness (QED) is 0.826. The SMILES string of the molecule is O=C1N[C@@H](c2cccc(Cl)c2Cl)CCO1. The van der Waals surface area contributed by atoms with Crippen LogP contribution in [0, 0.1) is 0 Å². The number of nitrogens with one attached hydrogen (secondary N) is 1. The van der Waals surface area contributed by atoms with Crippen molar-refractivity contribution in [3.8, 4) is 0 Å². The van der Waals surface area contributed by atoms with Gasteiger partial charge in [-0.15, -0.1) is 0 Å². The molecule has 15 heavy (non-hydrogen) atoms. The number of cyclic esters (lactones) is 1. The summed E-state index contributed by atoms with van der Waals surface area (Å²) in [5.41, 5.74) is 0.834. The Balaban J connectivity index is 2.28. The fraction of sp³-hybridized carbons (Fsp3) is 0.300. The number of amides is 1. The van der Waals surface area contributed by atoms with Crippen LogP contribution in [0.25, 0.3) is 0 Å². The van der Waals surface area contributed by atoms with Gasteiger partial charge in [-0.25, -0.2) is 4.79 Å². The molecule has 1 aromatic carbocycles. The Morgan fingerprint density at radius 3 is 2.93 bits per heavy atom. The van der Waals surface area contributed by atoms with Gasteiger partial charge in [-0.2, -0.15) is 0 Å². The number of hydrogen-bond donors (Lipinski definition) is 1. The third-order valence-corrected chi connectivity index (χ3v) is 3.12. The largest absolute Gasteiger partial charge is 0.449 e. The minimum Gasteiger partial charge on any atom is -0.449 e. The molecule has 80 valence electrons. The third kappa shape index (κ3) is 2.19. The number of halogens is 2. The van der Waals surface area contributed by atoms with Crippen molar-refractivity contribution < 1.29 is 9.53 Å². The highest BCUT2D eigenvalue weighted by Gasteiger charge is 2.23. The molecular weight excluding hydrogens is 237 g/mol. The first-order valence-electron chi connectivity index (χ1n) is 4.55. The zero-order chi connectivity index (χ0) is 10.8. The minimum atomic E-state index is -0.415. The predicted octanol–water partition coefficient (Wildman–Crippen LogP) is 3.16. The van der Waals surface area contributed by atoms with Crippen LogP contribution in [-0.4, -0.2) is 12.7 Å². The molecule has 1 aromatic rings. The average Bonchev–Trinajstić information content (AvgIpc) is 2.22. The number of carbonyl (C=O) groups is 1. The Bertz CT molecular complexity index is 395. The van der Waals surface area contributed by atoms with Crippen molar-refractivity contribution in [3.05, 3.63) is 33.8 Å². The number of benzene rings is 1. The highest BCUT2D eigenvalue weighted by Crippen LogP contribution is 2.32. The Morgan fingerprint density at radius 1 is 1.40 bits per heavy atom. The van der Waals surface area contributed by atoms with Crippen LogP contribution in [0.3, 0.4) is 0 Å². The number of rotatable bonds is 1. The first-order chi connectivity index (χ1) is 7.18. The Hall–Kier alpha value is -0.930. The summed E-state index contributed by atoms with van der Waals surface area (Å²) in [6.45, 7) is 0.402. The fourth-order valence-electron chi connectivity index (χ4n) is 1.55. The van der Waals surface area contributed by atoms with E-state index in [1.807, 2.05) is 12.1 Å². The maximum Gasteiger partial charge on any atom is 0.407 e. The van der Waals surface area contributed by atoms with Crippen LogP contribution >= 0.6 is 23.2 Å². The van der Waals surface area contributed by atoms with Crippen LogP contribution in [0.5, 0.6) is 0 Å². The van der Waals surface area contributed by atoms with E-state index in [-0.39, 0.29) is 6.04 Å². The summed E-state index contributed by atoms with van der Waals surface area (Å²) in [5, 5.41) is 3.68. The Kier molecular flexibility index (Phi) is 3.03. The van der Waals surface area contributed by atoms with E-state index in [2.05, 4.69) is 5.32 Å². The van der Waals surface area contributed by atoms with Crippen molar-refractivity contribution in [2.75, 3.05) is 6.61 Å². The minimum absolute atomic E-state index is 0.113. The van der Waals surface area contributed by atoms with Crippen molar-refractivity contribution in [2.24, 2.45) is 0 Å². The van der Waals surface area contributed by atoms with Gasteiger partial charge >= 0.3 is 6.09 Å². The van der Waals surface area contributed by atoms with Gasteiger partial charge in [0.25, 0.3) is 0 Å². The maximum atomic E-state index is 11.0. The summed E-state index contributed by atoms with van der Waals surface area (Å²) in [4.78, 5) is 11.0. The molecule has 1 aliphatic rings. The van der Waals surface area contributed by atoms with Crippen LogP contribution in [0.15, 0.2) is 18.2 Å². The second-order valence-electron chi connectivity index (χ2n) is 3.26. The molecule has 3 nitrogen and oxygen atoms in total. The molecule has 0 aliphatic carbocycles. The number of carbonyl (C=O) groups excluding carboxylic acids is 1. The van der Waals surface area contributed by atoms with Gasteiger partial charge in [0.2, 0.25) is 0 Å². The molecular formula is C10H9Cl2NO2. The molecule has 0 bridgehead atoms. The van der Waals surface area contributed by atoms with Crippen LogP contribution in [0.2, 0.25) is 10.0 Å². The van der Waals surface area contributed by atoms with Gasteiger partial charge in [-0.1, -0.05) is 35.3 Å². The lowest BCUT2D eigenvalue weighted by molar-refractivity contribution is 0.115. The molecule has 1 fully saturated rings. The van der Waals surface area contributed by atoms with Crippen molar-refractivity contribution in [2.45, 2.75) is 12.5 Å². The maximum absolute atomic E-state index is 11.0. The van der Waals surface area contributed by atoms with Gasteiger partial charge in [0.1, 0.15) is 0 Å². The lowest BCUT2D eigenvalue weighted by Crippen LogP contribution is -2.35. The van der Waals surface area contributed by atoms with Crippen molar-refractivity contribution in [3.63, 3.8) is 0 Å². The summed E-state index contributed by atoms with van der Waals surface area (Å²) in [5.74, 6) is 0. The van der Waals surface area contributed by atoms with Gasteiger partial charge in [0.15, 0.2) is 0 Å². The Morgan fingerprint density at radius 2 is 2.20 bits per heavy atom. The molecule has 0 spiro atoms. The number of ether oxygens (including phenoxy) is 1. The lowest BCUT2D eigenvalue weighted by Gasteiger charge is -2.24. The standard InChI is InChI=1S/C10H9Cl2NO2/c11-7-3-1-2-6(9(7)12)8-4-5-15-10(14)13-8/h1-3,8H,4-5H2,(H,13,14)/t8-/m1/s1. The fourth-order valence-corrected chi connectivity index (χ4v) is 1.99. The molecule has 2 rings (SSSR count). The first-order valence-corrected chi connectivity index (χ1v) is 5.31. The Labute approximate surface area is 97.3 Å². The molecule has 1 amide bonds. The van der Waals surface area contributed by atoms with Crippen LogP contribution < -0.4 is 5.32 Å². The summed E-state index contributed by atoms with van der Waals surface area (Å²) in [6, 6.07) is 5.27. The topological polar surface area (TPSA) is 38.3 Å². The summed E-state index contributed by atoms with van der Waals surface area (Å²) in [6.07, 6.45) is 0.286. The molecule has 1 atom stereocenters.